The van der Waals surface area contributed by atoms with Crippen molar-refractivity contribution in [3.05, 3.63) is 59.9 Å². The Morgan fingerprint density at radius 1 is 1.06 bits per heavy atom. The third-order valence-electron chi connectivity index (χ3n) is 5.59. The molecule has 2 aromatic carbocycles. The SMILES string of the molecule is CC(=O)N1CCN(S(=O)(=O)c2cccc(C(=O)OCc3nc4ccccc4n3C(F)F)c2)CC1. The summed E-state index contributed by atoms with van der Waals surface area (Å²) in [5.41, 5.74) is 0.511. The van der Waals surface area contributed by atoms with Crippen LogP contribution in [0, 0.1) is 0 Å². The number of carbonyl (C=O) groups is 2. The number of nitrogens with zero attached hydrogens (tertiary/aromatic N) is 4. The van der Waals surface area contributed by atoms with E-state index in [-0.39, 0.29) is 53.9 Å². The lowest BCUT2D eigenvalue weighted by atomic mass is 10.2. The van der Waals surface area contributed by atoms with E-state index < -0.39 is 29.1 Å². The lowest BCUT2D eigenvalue weighted by molar-refractivity contribution is -0.129. The van der Waals surface area contributed by atoms with E-state index in [2.05, 4.69) is 4.98 Å². The smallest absolute Gasteiger partial charge is 0.338 e. The number of piperazine rings is 1. The molecule has 9 nitrogen and oxygen atoms in total. The molecule has 1 amide bonds. The van der Waals surface area contributed by atoms with Crippen molar-refractivity contribution >= 4 is 32.9 Å². The van der Waals surface area contributed by atoms with Crippen LogP contribution in [0.2, 0.25) is 0 Å². The average Bonchev–Trinajstić information content (AvgIpc) is 3.21. The lowest BCUT2D eigenvalue weighted by Gasteiger charge is -2.33. The van der Waals surface area contributed by atoms with Gasteiger partial charge in [-0.2, -0.15) is 13.1 Å². The molecule has 180 valence electrons. The number of aromatic nitrogens is 2. The van der Waals surface area contributed by atoms with Crippen molar-refractivity contribution in [1.82, 2.24) is 18.8 Å². The highest BCUT2D eigenvalue weighted by atomic mass is 32.2. The number of hydrogen-bond acceptors (Lipinski definition) is 6. The highest BCUT2D eigenvalue weighted by Gasteiger charge is 2.30. The van der Waals surface area contributed by atoms with Crippen molar-refractivity contribution in [1.29, 1.82) is 0 Å². The fraction of sp³-hybridized carbons (Fsp3) is 0.318. The van der Waals surface area contributed by atoms with Crippen molar-refractivity contribution in [2.45, 2.75) is 25.0 Å². The summed E-state index contributed by atoms with van der Waals surface area (Å²) in [7, 11) is -3.90. The first-order valence-electron chi connectivity index (χ1n) is 10.5. The van der Waals surface area contributed by atoms with Gasteiger partial charge in [0.2, 0.25) is 15.9 Å². The minimum atomic E-state index is -3.90. The molecule has 1 aliphatic rings. The normalized spacial score (nSPS) is 15.1. The molecule has 1 aliphatic heterocycles. The van der Waals surface area contributed by atoms with E-state index in [1.165, 1.54) is 41.6 Å². The molecule has 1 saturated heterocycles. The minimum Gasteiger partial charge on any atom is -0.454 e. The summed E-state index contributed by atoms with van der Waals surface area (Å²) in [4.78, 5) is 29.6. The molecule has 0 aliphatic carbocycles. The second-order valence-electron chi connectivity index (χ2n) is 7.68. The predicted octanol–water partition coefficient (Wildman–Crippen LogP) is 2.64. The topological polar surface area (TPSA) is 102 Å². The molecule has 12 heteroatoms. The molecular formula is C22H22F2N4O5S. The monoisotopic (exact) mass is 492 g/mol. The highest BCUT2D eigenvalue weighted by molar-refractivity contribution is 7.89. The molecule has 0 atom stereocenters. The standard InChI is InChI=1S/C22H22F2N4O5S/c1-15(29)26-9-11-27(12-10-26)34(31,32)17-6-4-5-16(13-17)21(30)33-14-20-25-18-7-2-3-8-19(18)28(20)22(23)24/h2-8,13,22H,9-12,14H2,1H3. The molecule has 0 N–H and O–H groups in total. The quantitative estimate of drug-likeness (QED) is 0.491. The third-order valence-corrected chi connectivity index (χ3v) is 7.48. The van der Waals surface area contributed by atoms with E-state index >= 15 is 0 Å². The summed E-state index contributed by atoms with van der Waals surface area (Å²) in [5.74, 6) is -1.12. The van der Waals surface area contributed by atoms with Crippen LogP contribution in [-0.4, -0.2) is 65.2 Å². The predicted molar refractivity (Wildman–Crippen MR) is 118 cm³/mol. The van der Waals surface area contributed by atoms with Gasteiger partial charge in [-0.15, -0.1) is 0 Å². The van der Waals surface area contributed by atoms with Crippen molar-refractivity contribution in [2.75, 3.05) is 26.2 Å². The fourth-order valence-corrected chi connectivity index (χ4v) is 5.27. The average molecular weight is 493 g/mol. The zero-order valence-corrected chi connectivity index (χ0v) is 19.0. The molecular weight excluding hydrogens is 470 g/mol. The number of esters is 1. The van der Waals surface area contributed by atoms with Gasteiger partial charge in [0.05, 0.1) is 21.5 Å². The maximum atomic E-state index is 13.6. The Kier molecular flexibility index (Phi) is 6.62. The number of fused-ring (bicyclic) bond motifs is 1. The van der Waals surface area contributed by atoms with Gasteiger partial charge in [-0.25, -0.2) is 18.2 Å². The number of imidazole rings is 1. The summed E-state index contributed by atoms with van der Waals surface area (Å²) in [6.07, 6.45) is 0. The van der Waals surface area contributed by atoms with E-state index in [0.29, 0.717) is 10.1 Å². The van der Waals surface area contributed by atoms with Crippen molar-refractivity contribution in [2.24, 2.45) is 0 Å². The first-order chi connectivity index (χ1) is 16.2. The fourth-order valence-electron chi connectivity index (χ4n) is 3.80. The van der Waals surface area contributed by atoms with E-state index in [1.54, 1.807) is 23.1 Å². The Labute approximate surface area is 194 Å². The van der Waals surface area contributed by atoms with Gasteiger partial charge < -0.3 is 9.64 Å². The van der Waals surface area contributed by atoms with Gasteiger partial charge in [0.1, 0.15) is 6.61 Å². The summed E-state index contributed by atoms with van der Waals surface area (Å²) in [6.45, 7) is -1.13. The zero-order chi connectivity index (χ0) is 24.5. The van der Waals surface area contributed by atoms with Crippen LogP contribution in [0.4, 0.5) is 8.78 Å². The molecule has 0 unspecified atom stereocenters. The molecule has 0 bridgehead atoms. The van der Waals surface area contributed by atoms with Crippen molar-refractivity contribution in [3.8, 4) is 0 Å². The summed E-state index contributed by atoms with van der Waals surface area (Å²) < 4.78 is 60.3. The van der Waals surface area contributed by atoms with Gasteiger partial charge in [-0.05, 0) is 30.3 Å². The van der Waals surface area contributed by atoms with Gasteiger partial charge >= 0.3 is 12.5 Å². The first-order valence-corrected chi connectivity index (χ1v) is 11.9. The summed E-state index contributed by atoms with van der Waals surface area (Å²) >= 11 is 0. The zero-order valence-electron chi connectivity index (χ0n) is 18.2. The molecule has 1 fully saturated rings. The Morgan fingerprint density at radius 3 is 2.44 bits per heavy atom. The van der Waals surface area contributed by atoms with Crippen LogP contribution in [0.25, 0.3) is 11.0 Å². The van der Waals surface area contributed by atoms with E-state index in [4.69, 9.17) is 4.74 Å². The van der Waals surface area contributed by atoms with Gasteiger partial charge in [0.15, 0.2) is 5.82 Å². The van der Waals surface area contributed by atoms with Gasteiger partial charge in [-0.1, -0.05) is 18.2 Å². The largest absolute Gasteiger partial charge is 0.454 e. The molecule has 0 radical (unpaired) electrons. The van der Waals surface area contributed by atoms with E-state index in [1.807, 2.05) is 0 Å². The van der Waals surface area contributed by atoms with Crippen LogP contribution >= 0.6 is 0 Å². The molecule has 34 heavy (non-hydrogen) atoms. The first kappa shape index (κ1) is 23.8. The van der Waals surface area contributed by atoms with Crippen LogP contribution in [0.3, 0.4) is 0 Å². The minimum absolute atomic E-state index is 0.0387. The van der Waals surface area contributed by atoms with Crippen LogP contribution < -0.4 is 0 Å². The molecule has 1 aromatic heterocycles. The number of halogens is 2. The molecule has 2 heterocycles. The number of benzene rings is 2. The Bertz CT molecular complexity index is 1330. The Morgan fingerprint density at radius 2 is 1.76 bits per heavy atom. The highest BCUT2D eigenvalue weighted by Crippen LogP contribution is 2.24. The number of ether oxygens (including phenoxy) is 1. The molecule has 0 spiro atoms. The summed E-state index contributed by atoms with van der Waals surface area (Å²) in [5, 5.41) is 0. The molecule has 3 aromatic rings. The number of alkyl halides is 2. The second-order valence-corrected chi connectivity index (χ2v) is 9.62. The van der Waals surface area contributed by atoms with Crippen LogP contribution in [0.15, 0.2) is 53.4 Å². The Balaban J connectivity index is 1.49. The van der Waals surface area contributed by atoms with Gasteiger partial charge in [-0.3, -0.25) is 9.36 Å². The van der Waals surface area contributed by atoms with E-state index in [0.717, 1.165) is 0 Å². The molecule has 0 saturated carbocycles. The van der Waals surface area contributed by atoms with Gasteiger partial charge in [0.25, 0.3) is 0 Å². The number of sulfonamides is 1. The van der Waals surface area contributed by atoms with Crippen LogP contribution in [0.5, 0.6) is 0 Å². The van der Waals surface area contributed by atoms with Crippen LogP contribution in [-0.2, 0) is 26.2 Å². The maximum absolute atomic E-state index is 13.6. The van der Waals surface area contributed by atoms with Crippen molar-refractivity contribution in [3.63, 3.8) is 0 Å². The Hall–Kier alpha value is -3.38. The maximum Gasteiger partial charge on any atom is 0.338 e. The van der Waals surface area contributed by atoms with Crippen molar-refractivity contribution < 1.29 is 31.5 Å². The number of carbonyl (C=O) groups excluding carboxylic acids is 2. The van der Waals surface area contributed by atoms with Gasteiger partial charge in [0, 0.05) is 33.1 Å². The number of hydrogen-bond donors (Lipinski definition) is 0. The third kappa shape index (κ3) is 4.64. The number of para-hydroxylation sites is 2. The lowest BCUT2D eigenvalue weighted by Crippen LogP contribution is -2.49. The number of rotatable bonds is 6. The second kappa shape index (κ2) is 9.47. The summed E-state index contributed by atoms with van der Waals surface area (Å²) in [6, 6.07) is 11.7. The number of amides is 1. The van der Waals surface area contributed by atoms with Crippen LogP contribution in [0.1, 0.15) is 29.7 Å². The molecule has 4 rings (SSSR count). The van der Waals surface area contributed by atoms with E-state index in [9.17, 15) is 26.8 Å².